The minimum Gasteiger partial charge on any atom is -0.469 e. The predicted molar refractivity (Wildman–Crippen MR) is 182 cm³/mol. The molecule has 3 atom stereocenters. The maximum atomic E-state index is 13.4. The van der Waals surface area contributed by atoms with Gasteiger partial charge in [-0.3, -0.25) is 24.0 Å². The zero-order valence-electron chi connectivity index (χ0n) is 29.2. The lowest BCUT2D eigenvalue weighted by Gasteiger charge is -2.23. The zero-order chi connectivity index (χ0) is 35.9. The fourth-order valence-electron chi connectivity index (χ4n) is 5.01. The summed E-state index contributed by atoms with van der Waals surface area (Å²) in [6.07, 6.45) is -0.385. The lowest BCUT2D eigenvalue weighted by atomic mass is 9.89. The molecule has 3 N–H and O–H groups in total. The van der Waals surface area contributed by atoms with Crippen LogP contribution in [0.15, 0.2) is 54.6 Å². The van der Waals surface area contributed by atoms with E-state index in [2.05, 4.69) is 16.0 Å². The normalized spacial score (nSPS) is 13.1. The van der Waals surface area contributed by atoms with Crippen molar-refractivity contribution in [2.45, 2.75) is 97.8 Å². The second-order valence-electron chi connectivity index (χ2n) is 13.5. The summed E-state index contributed by atoms with van der Waals surface area (Å²) < 4.78 is 10.2. The average Bonchev–Trinajstić information content (AvgIpc) is 3.01. The Kier molecular flexibility index (Phi) is 16.0. The number of hydrogen-bond acceptors (Lipinski definition) is 8. The number of amides is 3. The number of ether oxygens (including phenoxy) is 2. The van der Waals surface area contributed by atoms with E-state index >= 15 is 0 Å². The molecule has 0 aromatic heterocycles. The van der Waals surface area contributed by atoms with Crippen LogP contribution in [0.3, 0.4) is 0 Å². The van der Waals surface area contributed by atoms with Gasteiger partial charge in [-0.1, -0.05) is 74.0 Å². The second kappa shape index (κ2) is 19.3. The molecule has 0 saturated carbocycles. The smallest absolute Gasteiger partial charge is 0.408 e. The summed E-state index contributed by atoms with van der Waals surface area (Å²) in [4.78, 5) is 77.0. The molecule has 0 aliphatic carbocycles. The number of esters is 1. The fourth-order valence-corrected chi connectivity index (χ4v) is 5.01. The number of carbonyl (C=O) groups is 6. The molecule has 0 radical (unpaired) electrons. The summed E-state index contributed by atoms with van der Waals surface area (Å²) >= 11 is 0. The Balaban J connectivity index is 2.01. The van der Waals surface area contributed by atoms with Gasteiger partial charge in [-0.2, -0.15) is 0 Å². The Labute approximate surface area is 283 Å². The number of aryl methyl sites for hydroxylation is 1. The van der Waals surface area contributed by atoms with Gasteiger partial charge in [0.2, 0.25) is 11.8 Å². The van der Waals surface area contributed by atoms with Gasteiger partial charge in [-0.25, -0.2) is 4.79 Å². The van der Waals surface area contributed by atoms with E-state index < -0.39 is 53.3 Å². The van der Waals surface area contributed by atoms with Gasteiger partial charge < -0.3 is 25.4 Å². The average molecular weight is 666 g/mol. The molecule has 3 amide bonds. The van der Waals surface area contributed by atoms with Crippen LogP contribution < -0.4 is 16.0 Å². The van der Waals surface area contributed by atoms with E-state index in [-0.39, 0.29) is 50.4 Å². The number of ketones is 2. The van der Waals surface area contributed by atoms with Crippen LogP contribution in [0.4, 0.5) is 4.79 Å². The van der Waals surface area contributed by atoms with Crippen molar-refractivity contribution in [3.05, 3.63) is 71.3 Å². The number of benzene rings is 2. The van der Waals surface area contributed by atoms with E-state index in [1.165, 1.54) is 7.11 Å². The molecule has 0 saturated heterocycles. The van der Waals surface area contributed by atoms with Gasteiger partial charge in [-0.05, 0) is 57.6 Å². The van der Waals surface area contributed by atoms with Crippen molar-refractivity contribution in [1.82, 2.24) is 16.0 Å². The quantitative estimate of drug-likeness (QED) is 0.198. The molecule has 2 aromatic rings. The van der Waals surface area contributed by atoms with Crippen molar-refractivity contribution in [1.29, 1.82) is 0 Å². The number of methoxy groups -OCH3 is 1. The lowest BCUT2D eigenvalue weighted by Crippen LogP contribution is -2.50. The third-order valence-corrected chi connectivity index (χ3v) is 7.40. The highest BCUT2D eigenvalue weighted by molar-refractivity contribution is 5.94. The van der Waals surface area contributed by atoms with Gasteiger partial charge >= 0.3 is 12.1 Å². The summed E-state index contributed by atoms with van der Waals surface area (Å²) in [5.41, 5.74) is 1.91. The third-order valence-electron chi connectivity index (χ3n) is 7.40. The number of Topliss-reactive ketones (excluding diaryl/α,β-unsaturated/α-hetero) is 2. The van der Waals surface area contributed by atoms with Crippen LogP contribution in [0.2, 0.25) is 0 Å². The molecule has 0 aliphatic rings. The number of rotatable bonds is 18. The highest BCUT2D eigenvalue weighted by Crippen LogP contribution is 2.19. The zero-order valence-corrected chi connectivity index (χ0v) is 29.2. The molecule has 2 aromatic carbocycles. The Hall–Kier alpha value is -4.54. The van der Waals surface area contributed by atoms with Crippen molar-refractivity contribution in [3.63, 3.8) is 0 Å². The summed E-state index contributed by atoms with van der Waals surface area (Å²) in [7, 11) is 1.28. The van der Waals surface area contributed by atoms with E-state index in [1.807, 2.05) is 75.4 Å². The number of carbonyl (C=O) groups excluding carboxylic acids is 6. The standard InChI is InChI=1S/C37H51N3O8/c1-24(2)19-28(35(45)47-7)22-32(42)30(20-26-11-9-8-10-12-26)39-33(43)18-17-29(41)23-38-34(44)31(40-36(46)48-37(4,5)6)21-27-15-13-25(3)14-16-27/h8-16,24,28,30-31H,17-23H2,1-7H3,(H,38,44)(H,39,43)(H,40,46)/t28-,30+,31+/m1/s1. The molecule has 0 unspecified atom stereocenters. The van der Waals surface area contributed by atoms with Crippen LogP contribution in [-0.2, 0) is 46.3 Å². The van der Waals surface area contributed by atoms with Crippen LogP contribution in [0, 0.1) is 18.8 Å². The topological polar surface area (TPSA) is 157 Å². The van der Waals surface area contributed by atoms with Crippen molar-refractivity contribution >= 4 is 35.4 Å². The predicted octanol–water partition coefficient (Wildman–Crippen LogP) is 4.42. The first-order chi connectivity index (χ1) is 22.6. The van der Waals surface area contributed by atoms with Crippen LogP contribution in [0.1, 0.15) is 77.0 Å². The summed E-state index contributed by atoms with van der Waals surface area (Å²) in [5, 5.41) is 7.90. The van der Waals surface area contributed by atoms with Crippen LogP contribution in [-0.4, -0.2) is 66.8 Å². The van der Waals surface area contributed by atoms with E-state index in [4.69, 9.17) is 9.47 Å². The number of nitrogens with one attached hydrogen (secondary N) is 3. The Morgan fingerprint density at radius 1 is 0.792 bits per heavy atom. The summed E-state index contributed by atoms with van der Waals surface area (Å²) in [6, 6.07) is 14.8. The van der Waals surface area contributed by atoms with E-state index in [9.17, 15) is 28.8 Å². The van der Waals surface area contributed by atoms with Crippen molar-refractivity contribution in [3.8, 4) is 0 Å². The van der Waals surface area contributed by atoms with Crippen LogP contribution in [0.25, 0.3) is 0 Å². The monoisotopic (exact) mass is 665 g/mol. The highest BCUT2D eigenvalue weighted by Gasteiger charge is 2.29. The van der Waals surface area contributed by atoms with Gasteiger partial charge in [0.25, 0.3) is 0 Å². The van der Waals surface area contributed by atoms with E-state index in [0.717, 1.165) is 16.7 Å². The third kappa shape index (κ3) is 15.4. The first-order valence-corrected chi connectivity index (χ1v) is 16.3. The second-order valence-corrected chi connectivity index (χ2v) is 13.5. The van der Waals surface area contributed by atoms with Crippen molar-refractivity contribution in [2.75, 3.05) is 13.7 Å². The number of alkyl carbamates (subject to hydrolysis) is 1. The van der Waals surface area contributed by atoms with Crippen LogP contribution >= 0.6 is 0 Å². The van der Waals surface area contributed by atoms with Crippen molar-refractivity contribution in [2.24, 2.45) is 11.8 Å². The maximum Gasteiger partial charge on any atom is 0.408 e. The van der Waals surface area contributed by atoms with Gasteiger partial charge in [0.15, 0.2) is 11.6 Å². The van der Waals surface area contributed by atoms with E-state index in [0.29, 0.717) is 6.42 Å². The Bertz CT molecular complexity index is 1380. The Morgan fingerprint density at radius 2 is 1.40 bits per heavy atom. The molecular weight excluding hydrogens is 614 g/mol. The maximum absolute atomic E-state index is 13.4. The number of hydrogen-bond donors (Lipinski definition) is 3. The molecule has 262 valence electrons. The Morgan fingerprint density at radius 3 is 1.98 bits per heavy atom. The van der Waals surface area contributed by atoms with Crippen molar-refractivity contribution < 1.29 is 38.2 Å². The minimum absolute atomic E-state index is 0.0886. The van der Waals surface area contributed by atoms with E-state index in [1.54, 1.807) is 20.8 Å². The molecule has 2 rings (SSSR count). The van der Waals surface area contributed by atoms with Gasteiger partial charge in [0.05, 0.1) is 25.6 Å². The fraction of sp³-hybridized carbons (Fsp3) is 0.514. The SMILES string of the molecule is COC(=O)[C@@H](CC(=O)[C@H](Cc1ccccc1)NC(=O)CCC(=O)CNC(=O)[C@H](Cc1ccc(C)cc1)NC(=O)OC(C)(C)C)CC(C)C. The van der Waals surface area contributed by atoms with Gasteiger partial charge in [0.1, 0.15) is 11.6 Å². The molecule has 0 bridgehead atoms. The summed E-state index contributed by atoms with van der Waals surface area (Å²) in [6.45, 7) is 10.6. The molecular formula is C37H51N3O8. The first kappa shape index (κ1) is 39.6. The molecule has 0 heterocycles. The first-order valence-electron chi connectivity index (χ1n) is 16.3. The van der Waals surface area contributed by atoms with Gasteiger partial charge in [-0.15, -0.1) is 0 Å². The minimum atomic E-state index is -1.01. The largest absolute Gasteiger partial charge is 0.469 e. The molecule has 48 heavy (non-hydrogen) atoms. The molecule has 0 spiro atoms. The highest BCUT2D eigenvalue weighted by atomic mass is 16.6. The van der Waals surface area contributed by atoms with Crippen LogP contribution in [0.5, 0.6) is 0 Å². The summed E-state index contributed by atoms with van der Waals surface area (Å²) in [5.74, 6) is -2.75. The van der Waals surface area contributed by atoms with Gasteiger partial charge in [0, 0.05) is 25.7 Å². The lowest BCUT2D eigenvalue weighted by molar-refractivity contribution is -0.148. The molecule has 11 heteroatoms. The molecule has 0 fully saturated rings. The molecule has 0 aliphatic heterocycles. The molecule has 11 nitrogen and oxygen atoms in total.